The first kappa shape index (κ1) is 10.8. The quantitative estimate of drug-likeness (QED) is 0.785. The van der Waals surface area contributed by atoms with Crippen molar-refractivity contribution in [1.29, 1.82) is 0 Å². The van der Waals surface area contributed by atoms with Crippen molar-refractivity contribution in [3.63, 3.8) is 0 Å². The van der Waals surface area contributed by atoms with Crippen LogP contribution in [0.15, 0.2) is 18.5 Å². The van der Waals surface area contributed by atoms with Gasteiger partial charge in [0.25, 0.3) is 0 Å². The van der Waals surface area contributed by atoms with Crippen LogP contribution < -0.4 is 5.32 Å². The van der Waals surface area contributed by atoms with E-state index in [2.05, 4.69) is 10.3 Å². The van der Waals surface area contributed by atoms with Gasteiger partial charge >= 0.3 is 0 Å². The molecule has 1 aliphatic heterocycles. The fourth-order valence-corrected chi connectivity index (χ4v) is 1.87. The van der Waals surface area contributed by atoms with E-state index in [0.717, 1.165) is 11.6 Å². The summed E-state index contributed by atoms with van der Waals surface area (Å²) in [6.45, 7) is 1.10. The molecule has 0 aliphatic carbocycles. The highest BCUT2D eigenvalue weighted by Crippen LogP contribution is 2.27. The summed E-state index contributed by atoms with van der Waals surface area (Å²) >= 11 is 6.00. The molecule has 4 heteroatoms. The maximum Gasteiger partial charge on any atom is 0.0637 e. The molecule has 0 bridgehead atoms. The Bertz CT molecular complexity index is 272. The average molecular weight is 219 g/mol. The molecular weight excluding hydrogens is 207 g/mol. The maximum absolute atomic E-state index is 6.00. The number of pyridine rings is 1. The second kappa shape index (κ2) is 4.80. The van der Waals surface area contributed by atoms with Crippen LogP contribution in [0.1, 0.15) is 24.4 Å². The largest absolute Gasteiger partial charge is 0.310 e. The average Bonchev–Trinajstić information content (AvgIpc) is 2.57. The fourth-order valence-electron chi connectivity index (χ4n) is 1.62. The second-order valence-corrected chi connectivity index (χ2v) is 3.45. The molecule has 0 spiro atoms. The fraction of sp³-hybridized carbons (Fsp3) is 0.444. The van der Waals surface area contributed by atoms with Crippen LogP contribution in [0.4, 0.5) is 0 Å². The van der Waals surface area contributed by atoms with Crippen molar-refractivity contribution >= 4 is 24.0 Å². The first-order valence-electron chi connectivity index (χ1n) is 4.21. The van der Waals surface area contributed by atoms with Crippen molar-refractivity contribution in [1.82, 2.24) is 10.3 Å². The minimum absolute atomic E-state index is 0. The summed E-state index contributed by atoms with van der Waals surface area (Å²) in [4.78, 5) is 3.96. The van der Waals surface area contributed by atoms with Crippen molar-refractivity contribution in [3.8, 4) is 0 Å². The van der Waals surface area contributed by atoms with E-state index in [1.54, 1.807) is 12.4 Å². The molecule has 0 aromatic carbocycles. The zero-order valence-electron chi connectivity index (χ0n) is 7.16. The monoisotopic (exact) mass is 218 g/mol. The van der Waals surface area contributed by atoms with Gasteiger partial charge in [-0.2, -0.15) is 0 Å². The van der Waals surface area contributed by atoms with Crippen LogP contribution in [-0.4, -0.2) is 11.5 Å². The van der Waals surface area contributed by atoms with E-state index in [9.17, 15) is 0 Å². The van der Waals surface area contributed by atoms with Crippen LogP contribution in [0.25, 0.3) is 0 Å². The highest BCUT2D eigenvalue weighted by molar-refractivity contribution is 6.31. The molecule has 2 rings (SSSR count). The van der Waals surface area contributed by atoms with E-state index in [1.807, 2.05) is 6.07 Å². The van der Waals surface area contributed by atoms with Gasteiger partial charge in [0.05, 0.1) is 5.02 Å². The SMILES string of the molecule is Cl.Clc1cnccc1[C@@H]1CCCN1. The van der Waals surface area contributed by atoms with Gasteiger partial charge in [-0.1, -0.05) is 11.6 Å². The van der Waals surface area contributed by atoms with Crippen LogP contribution in [0, 0.1) is 0 Å². The van der Waals surface area contributed by atoms with Gasteiger partial charge in [0.1, 0.15) is 0 Å². The molecule has 72 valence electrons. The van der Waals surface area contributed by atoms with E-state index >= 15 is 0 Å². The molecule has 0 unspecified atom stereocenters. The topological polar surface area (TPSA) is 24.9 Å². The lowest BCUT2D eigenvalue weighted by atomic mass is 10.1. The Kier molecular flexibility index (Phi) is 3.97. The third-order valence-corrected chi connectivity index (χ3v) is 2.56. The molecule has 1 atom stereocenters. The van der Waals surface area contributed by atoms with Gasteiger partial charge in [0.2, 0.25) is 0 Å². The number of aromatic nitrogens is 1. The van der Waals surface area contributed by atoms with Crippen molar-refractivity contribution in [2.24, 2.45) is 0 Å². The molecule has 2 heterocycles. The summed E-state index contributed by atoms with van der Waals surface area (Å²) in [5.41, 5.74) is 1.18. The van der Waals surface area contributed by atoms with Crippen LogP contribution in [0.5, 0.6) is 0 Å². The molecule has 1 saturated heterocycles. The van der Waals surface area contributed by atoms with E-state index < -0.39 is 0 Å². The normalized spacial score (nSPS) is 21.2. The first-order chi connectivity index (χ1) is 5.88. The van der Waals surface area contributed by atoms with Gasteiger partial charge in [-0.3, -0.25) is 4.98 Å². The Balaban J connectivity index is 0.000000845. The Morgan fingerprint density at radius 3 is 3.00 bits per heavy atom. The number of nitrogens with one attached hydrogen (secondary N) is 1. The zero-order chi connectivity index (χ0) is 8.39. The van der Waals surface area contributed by atoms with E-state index in [-0.39, 0.29) is 12.4 Å². The molecule has 2 nitrogen and oxygen atoms in total. The predicted octanol–water partition coefficient (Wildman–Crippen LogP) is 2.58. The number of hydrogen-bond donors (Lipinski definition) is 1. The van der Waals surface area contributed by atoms with E-state index in [4.69, 9.17) is 11.6 Å². The Hall–Kier alpha value is -0.310. The third kappa shape index (κ3) is 2.33. The molecule has 0 radical (unpaired) electrons. The van der Waals surface area contributed by atoms with Crippen molar-refractivity contribution < 1.29 is 0 Å². The van der Waals surface area contributed by atoms with Crippen LogP contribution >= 0.6 is 24.0 Å². The Labute approximate surface area is 89.1 Å². The lowest BCUT2D eigenvalue weighted by Crippen LogP contribution is -2.13. The highest BCUT2D eigenvalue weighted by atomic mass is 35.5. The molecule has 0 saturated carbocycles. The maximum atomic E-state index is 6.00. The summed E-state index contributed by atoms with van der Waals surface area (Å²) in [5, 5.41) is 4.18. The first-order valence-corrected chi connectivity index (χ1v) is 4.58. The summed E-state index contributed by atoms with van der Waals surface area (Å²) in [6.07, 6.45) is 5.92. The molecule has 1 aliphatic rings. The van der Waals surface area contributed by atoms with Crippen LogP contribution in [0.3, 0.4) is 0 Å². The Morgan fingerprint density at radius 1 is 1.54 bits per heavy atom. The molecular formula is C9H12Cl2N2. The van der Waals surface area contributed by atoms with Gasteiger partial charge in [-0.05, 0) is 31.0 Å². The number of halogens is 2. The van der Waals surface area contributed by atoms with Gasteiger partial charge in [0, 0.05) is 18.4 Å². The van der Waals surface area contributed by atoms with Gasteiger partial charge in [0.15, 0.2) is 0 Å². The van der Waals surface area contributed by atoms with E-state index in [1.165, 1.54) is 18.4 Å². The van der Waals surface area contributed by atoms with Crippen molar-refractivity contribution in [3.05, 3.63) is 29.0 Å². The zero-order valence-corrected chi connectivity index (χ0v) is 8.74. The minimum Gasteiger partial charge on any atom is -0.310 e. The van der Waals surface area contributed by atoms with Crippen LogP contribution in [-0.2, 0) is 0 Å². The van der Waals surface area contributed by atoms with Gasteiger partial charge < -0.3 is 5.32 Å². The summed E-state index contributed by atoms with van der Waals surface area (Å²) in [5.74, 6) is 0. The van der Waals surface area contributed by atoms with Crippen LogP contribution in [0.2, 0.25) is 5.02 Å². The third-order valence-electron chi connectivity index (χ3n) is 2.24. The minimum atomic E-state index is 0. The smallest absolute Gasteiger partial charge is 0.0637 e. The molecule has 1 aromatic heterocycles. The predicted molar refractivity (Wildman–Crippen MR) is 56.5 cm³/mol. The second-order valence-electron chi connectivity index (χ2n) is 3.05. The highest BCUT2D eigenvalue weighted by Gasteiger charge is 2.17. The molecule has 13 heavy (non-hydrogen) atoms. The Morgan fingerprint density at radius 2 is 2.38 bits per heavy atom. The molecule has 1 aromatic rings. The molecule has 0 amide bonds. The van der Waals surface area contributed by atoms with Gasteiger partial charge in [-0.15, -0.1) is 12.4 Å². The number of hydrogen-bond acceptors (Lipinski definition) is 2. The van der Waals surface area contributed by atoms with Crippen molar-refractivity contribution in [2.75, 3.05) is 6.54 Å². The summed E-state index contributed by atoms with van der Waals surface area (Å²) < 4.78 is 0. The lowest BCUT2D eigenvalue weighted by Gasteiger charge is -2.11. The molecule has 1 fully saturated rings. The standard InChI is InChI=1S/C9H11ClN2.ClH/c10-8-6-11-5-3-7(8)9-2-1-4-12-9;/h3,5-6,9,12H,1-2,4H2;1H/t9-;/m0./s1. The lowest BCUT2D eigenvalue weighted by molar-refractivity contribution is 0.647. The summed E-state index contributed by atoms with van der Waals surface area (Å²) in [6, 6.07) is 2.44. The van der Waals surface area contributed by atoms with Crippen molar-refractivity contribution in [2.45, 2.75) is 18.9 Å². The molecule has 1 N–H and O–H groups in total. The van der Waals surface area contributed by atoms with E-state index in [0.29, 0.717) is 6.04 Å². The van der Waals surface area contributed by atoms with Gasteiger partial charge in [-0.25, -0.2) is 0 Å². The number of rotatable bonds is 1. The summed E-state index contributed by atoms with van der Waals surface area (Å²) in [7, 11) is 0. The number of nitrogens with zero attached hydrogens (tertiary/aromatic N) is 1.